The molecule has 7 heteroatoms. The number of fused-ring (bicyclic) bond motifs is 1. The number of hydrogen-bond donors (Lipinski definition) is 1. The second-order valence-corrected chi connectivity index (χ2v) is 9.45. The molecule has 0 atom stereocenters. The predicted octanol–water partition coefficient (Wildman–Crippen LogP) is 3.93. The van der Waals surface area contributed by atoms with E-state index in [4.69, 9.17) is 0 Å². The molecule has 0 amide bonds. The Hall–Kier alpha value is -2.25. The summed E-state index contributed by atoms with van der Waals surface area (Å²) in [6.07, 6.45) is 6.93. The topological polar surface area (TPSA) is 76.4 Å². The molecule has 1 aliphatic rings. The quantitative estimate of drug-likeness (QED) is 0.722. The lowest BCUT2D eigenvalue weighted by molar-refractivity contribution is 0.412. The van der Waals surface area contributed by atoms with Gasteiger partial charge >= 0.3 is 0 Å². The molecular formula is C21H26N4O2S. The van der Waals surface area contributed by atoms with Crippen molar-refractivity contribution < 1.29 is 8.42 Å². The molecule has 0 bridgehead atoms. The summed E-state index contributed by atoms with van der Waals surface area (Å²) in [6.45, 7) is 5.77. The average molecular weight is 399 g/mol. The van der Waals surface area contributed by atoms with Crippen LogP contribution in [0.3, 0.4) is 0 Å². The van der Waals surface area contributed by atoms with Crippen LogP contribution >= 0.6 is 0 Å². The Morgan fingerprint density at radius 1 is 1.07 bits per heavy atom. The Labute approximate surface area is 166 Å². The van der Waals surface area contributed by atoms with Gasteiger partial charge in [-0.3, -0.25) is 0 Å². The zero-order chi connectivity index (χ0) is 19.9. The van der Waals surface area contributed by atoms with Crippen LogP contribution in [0.4, 0.5) is 0 Å². The molecule has 0 unspecified atom stereocenters. The first-order chi connectivity index (χ1) is 13.3. The normalized spacial score (nSPS) is 16.0. The van der Waals surface area contributed by atoms with Crippen LogP contribution in [0.25, 0.3) is 16.8 Å². The Morgan fingerprint density at radius 2 is 1.82 bits per heavy atom. The van der Waals surface area contributed by atoms with Gasteiger partial charge in [-0.05, 0) is 56.9 Å². The van der Waals surface area contributed by atoms with Gasteiger partial charge in [-0.15, -0.1) is 0 Å². The van der Waals surface area contributed by atoms with E-state index >= 15 is 0 Å². The van der Waals surface area contributed by atoms with Crippen molar-refractivity contribution in [2.24, 2.45) is 0 Å². The minimum Gasteiger partial charge on any atom is -0.233 e. The van der Waals surface area contributed by atoms with E-state index in [1.807, 2.05) is 39.0 Å². The van der Waals surface area contributed by atoms with E-state index in [1.54, 1.807) is 16.8 Å². The minimum absolute atomic E-state index is 0.0331. The van der Waals surface area contributed by atoms with E-state index in [1.165, 1.54) is 6.42 Å². The van der Waals surface area contributed by atoms with E-state index in [9.17, 15) is 8.42 Å². The van der Waals surface area contributed by atoms with Crippen LogP contribution < -0.4 is 4.72 Å². The molecular weight excluding hydrogens is 372 g/mol. The number of sulfonamides is 1. The van der Waals surface area contributed by atoms with Gasteiger partial charge < -0.3 is 0 Å². The second kappa shape index (κ2) is 7.29. The van der Waals surface area contributed by atoms with Gasteiger partial charge in [0, 0.05) is 23.0 Å². The highest BCUT2D eigenvalue weighted by Crippen LogP contribution is 2.29. The number of hydrogen-bond acceptors (Lipinski definition) is 4. The van der Waals surface area contributed by atoms with Gasteiger partial charge in [0.05, 0.1) is 11.1 Å². The first-order valence-corrected chi connectivity index (χ1v) is 11.3. The van der Waals surface area contributed by atoms with Crippen molar-refractivity contribution in [2.45, 2.75) is 63.8 Å². The van der Waals surface area contributed by atoms with Crippen molar-refractivity contribution >= 4 is 15.7 Å². The summed E-state index contributed by atoms with van der Waals surface area (Å²) in [7, 11) is -3.57. The summed E-state index contributed by atoms with van der Waals surface area (Å²) in [5, 5.41) is 4.43. The molecule has 1 aliphatic carbocycles. The third-order valence-electron chi connectivity index (χ3n) is 5.49. The fourth-order valence-electron chi connectivity index (χ4n) is 4.03. The zero-order valence-corrected chi connectivity index (χ0v) is 17.4. The van der Waals surface area contributed by atoms with Crippen molar-refractivity contribution in [2.75, 3.05) is 0 Å². The van der Waals surface area contributed by atoms with Crippen LogP contribution in [0, 0.1) is 20.8 Å². The van der Waals surface area contributed by atoms with Gasteiger partial charge in [0.1, 0.15) is 0 Å². The summed E-state index contributed by atoms with van der Waals surface area (Å²) in [4.78, 5) is 4.95. The molecule has 1 fully saturated rings. The predicted molar refractivity (Wildman–Crippen MR) is 110 cm³/mol. The molecule has 6 nitrogen and oxygen atoms in total. The Morgan fingerprint density at radius 3 is 2.57 bits per heavy atom. The lowest BCUT2D eigenvalue weighted by atomic mass is 9.96. The van der Waals surface area contributed by atoms with Gasteiger partial charge in [0.25, 0.3) is 0 Å². The van der Waals surface area contributed by atoms with Crippen LogP contribution in [-0.2, 0) is 10.0 Å². The molecule has 1 aromatic carbocycles. The largest absolute Gasteiger partial charge is 0.241 e. The number of rotatable bonds is 4. The molecule has 0 aliphatic heterocycles. The first-order valence-electron chi connectivity index (χ1n) is 9.80. The summed E-state index contributed by atoms with van der Waals surface area (Å²) in [5.74, 6) is 0. The lowest BCUT2D eigenvalue weighted by Crippen LogP contribution is -2.36. The second-order valence-electron chi connectivity index (χ2n) is 7.77. The van der Waals surface area contributed by atoms with E-state index < -0.39 is 10.0 Å². The molecule has 0 radical (unpaired) electrons. The number of nitrogens with one attached hydrogen (secondary N) is 1. The fraction of sp³-hybridized carbons (Fsp3) is 0.429. The maximum absolute atomic E-state index is 13.1. The van der Waals surface area contributed by atoms with Gasteiger partial charge in [-0.2, -0.15) is 5.10 Å². The first kappa shape index (κ1) is 19.1. The number of aromatic nitrogens is 3. The highest BCUT2D eigenvalue weighted by molar-refractivity contribution is 7.89. The molecule has 28 heavy (non-hydrogen) atoms. The number of benzene rings is 1. The van der Waals surface area contributed by atoms with Crippen molar-refractivity contribution in [1.29, 1.82) is 0 Å². The maximum Gasteiger partial charge on any atom is 0.241 e. The number of aryl methyl sites for hydroxylation is 3. The molecule has 3 aromatic rings. The van der Waals surface area contributed by atoms with Crippen molar-refractivity contribution in [1.82, 2.24) is 19.3 Å². The third-order valence-corrected chi connectivity index (χ3v) is 7.16. The van der Waals surface area contributed by atoms with Gasteiger partial charge in [-0.1, -0.05) is 31.4 Å². The SMILES string of the molecule is Cc1cc(C)n2ncc(-c3ccc(C)c(S(=O)(=O)NC4CCCCC4)c3)c2n1. The Kier molecular flexibility index (Phi) is 4.97. The third kappa shape index (κ3) is 3.56. The smallest absolute Gasteiger partial charge is 0.233 e. The van der Waals surface area contributed by atoms with Crippen LogP contribution in [0.15, 0.2) is 35.4 Å². The molecule has 0 saturated heterocycles. The van der Waals surface area contributed by atoms with Crippen LogP contribution in [0.1, 0.15) is 49.1 Å². The highest BCUT2D eigenvalue weighted by Gasteiger charge is 2.24. The van der Waals surface area contributed by atoms with Gasteiger partial charge in [0.15, 0.2) is 5.65 Å². The van der Waals surface area contributed by atoms with Crippen LogP contribution in [-0.4, -0.2) is 29.1 Å². The van der Waals surface area contributed by atoms with E-state index in [-0.39, 0.29) is 6.04 Å². The molecule has 0 spiro atoms. The summed E-state index contributed by atoms with van der Waals surface area (Å²) < 4.78 is 30.8. The average Bonchev–Trinajstić information content (AvgIpc) is 3.06. The summed E-state index contributed by atoms with van der Waals surface area (Å²) in [6, 6.07) is 7.55. The molecule has 1 N–H and O–H groups in total. The number of nitrogens with zero attached hydrogens (tertiary/aromatic N) is 3. The van der Waals surface area contributed by atoms with E-state index in [2.05, 4.69) is 14.8 Å². The Balaban J connectivity index is 1.75. The minimum atomic E-state index is -3.57. The van der Waals surface area contributed by atoms with Crippen molar-refractivity contribution in [3.63, 3.8) is 0 Å². The van der Waals surface area contributed by atoms with Crippen molar-refractivity contribution in [3.8, 4) is 11.1 Å². The van der Waals surface area contributed by atoms with Crippen LogP contribution in [0.5, 0.6) is 0 Å². The molecule has 2 heterocycles. The fourth-order valence-corrected chi connectivity index (χ4v) is 5.61. The summed E-state index contributed by atoms with van der Waals surface area (Å²) >= 11 is 0. The van der Waals surface area contributed by atoms with Crippen molar-refractivity contribution in [3.05, 3.63) is 47.4 Å². The maximum atomic E-state index is 13.1. The Bertz CT molecular complexity index is 1130. The lowest BCUT2D eigenvalue weighted by Gasteiger charge is -2.23. The van der Waals surface area contributed by atoms with E-state index in [0.29, 0.717) is 4.90 Å². The monoisotopic (exact) mass is 398 g/mol. The van der Waals surface area contributed by atoms with Crippen LogP contribution in [0.2, 0.25) is 0 Å². The highest BCUT2D eigenvalue weighted by atomic mass is 32.2. The molecule has 1 saturated carbocycles. The standard InChI is InChI=1S/C21H26N4O2S/c1-14-9-10-17(19-13-22-25-16(3)11-15(2)23-21(19)25)12-20(14)28(26,27)24-18-7-5-4-6-8-18/h9-13,18,24H,4-8H2,1-3H3. The van der Waals surface area contributed by atoms with Gasteiger partial charge in [0.2, 0.25) is 10.0 Å². The summed E-state index contributed by atoms with van der Waals surface area (Å²) in [5.41, 5.74) is 5.02. The molecule has 148 valence electrons. The molecule has 4 rings (SSSR count). The molecule has 2 aromatic heterocycles. The zero-order valence-electron chi connectivity index (χ0n) is 16.6. The van der Waals surface area contributed by atoms with Gasteiger partial charge in [-0.25, -0.2) is 22.6 Å². The van der Waals surface area contributed by atoms with E-state index in [0.717, 1.165) is 59.4 Å².